The van der Waals surface area contributed by atoms with Gasteiger partial charge in [-0.25, -0.2) is 0 Å². The van der Waals surface area contributed by atoms with Gasteiger partial charge in [0.25, 0.3) is 0 Å². The molecule has 0 unspecified atom stereocenters. The van der Waals surface area contributed by atoms with Crippen molar-refractivity contribution in [3.63, 3.8) is 0 Å². The second-order valence-electron chi connectivity index (χ2n) is 17.4. The van der Waals surface area contributed by atoms with E-state index in [0.717, 1.165) is 83.5 Å². The molecule has 6 nitrogen and oxygen atoms in total. The van der Waals surface area contributed by atoms with Crippen LogP contribution in [0, 0.1) is 0 Å². The summed E-state index contributed by atoms with van der Waals surface area (Å²) in [7, 11) is 0. The van der Waals surface area contributed by atoms with Crippen LogP contribution >= 0.6 is 0 Å². The molecule has 0 aliphatic heterocycles. The van der Waals surface area contributed by atoms with Crippen molar-refractivity contribution >= 4 is 17.9 Å². The normalized spacial score (nSPS) is 12.2. The van der Waals surface area contributed by atoms with Gasteiger partial charge >= 0.3 is 17.9 Å². The van der Waals surface area contributed by atoms with Gasteiger partial charge in [0.1, 0.15) is 13.2 Å². The van der Waals surface area contributed by atoms with Crippen LogP contribution in [0.1, 0.15) is 271 Å². The zero-order valence-electron chi connectivity index (χ0n) is 40.0. The average Bonchev–Trinajstić information content (AvgIpc) is 3.24. The van der Waals surface area contributed by atoms with Crippen molar-refractivity contribution in [1.29, 1.82) is 0 Å². The van der Waals surface area contributed by atoms with E-state index in [0.29, 0.717) is 19.3 Å². The molecule has 0 aromatic heterocycles. The quantitative estimate of drug-likeness (QED) is 0.0263. The van der Waals surface area contributed by atoms with E-state index in [1.165, 1.54) is 148 Å². The van der Waals surface area contributed by atoms with E-state index in [2.05, 4.69) is 57.2 Å². The van der Waals surface area contributed by atoms with Crippen molar-refractivity contribution in [3.8, 4) is 0 Å². The van der Waals surface area contributed by atoms with Crippen LogP contribution in [0.5, 0.6) is 0 Å². The second kappa shape index (κ2) is 49.3. The molecule has 0 aromatic carbocycles. The lowest BCUT2D eigenvalue weighted by atomic mass is 10.0. The molecule has 0 amide bonds. The van der Waals surface area contributed by atoms with Crippen LogP contribution in [0.25, 0.3) is 0 Å². The third kappa shape index (κ3) is 46.7. The fourth-order valence-corrected chi connectivity index (χ4v) is 7.41. The van der Waals surface area contributed by atoms with Crippen LogP contribution in [-0.2, 0) is 28.6 Å². The van der Waals surface area contributed by atoms with Crippen LogP contribution in [0.2, 0.25) is 0 Å². The topological polar surface area (TPSA) is 78.9 Å². The van der Waals surface area contributed by atoms with Crippen LogP contribution in [0.4, 0.5) is 0 Å². The van der Waals surface area contributed by atoms with E-state index in [9.17, 15) is 14.4 Å². The molecule has 0 rings (SSSR count). The van der Waals surface area contributed by atoms with Crippen LogP contribution in [-0.4, -0.2) is 37.2 Å². The molecule has 0 spiro atoms. The van der Waals surface area contributed by atoms with E-state index >= 15 is 0 Å². The minimum atomic E-state index is -0.777. The smallest absolute Gasteiger partial charge is 0.306 e. The Balaban J connectivity index is 4.38. The Bertz CT molecular complexity index is 1020. The lowest BCUT2D eigenvalue weighted by Crippen LogP contribution is -2.30. The summed E-state index contributed by atoms with van der Waals surface area (Å²) in [6.07, 6.45) is 56.9. The summed E-state index contributed by atoms with van der Waals surface area (Å²) in [5, 5.41) is 0. The maximum Gasteiger partial charge on any atom is 0.306 e. The van der Waals surface area contributed by atoms with Crippen molar-refractivity contribution in [2.75, 3.05) is 13.2 Å². The zero-order chi connectivity index (χ0) is 43.7. The van der Waals surface area contributed by atoms with Gasteiger partial charge in [-0.05, 0) is 77.0 Å². The Hall–Kier alpha value is -2.37. The largest absolute Gasteiger partial charge is 0.462 e. The zero-order valence-corrected chi connectivity index (χ0v) is 40.0. The van der Waals surface area contributed by atoms with Gasteiger partial charge < -0.3 is 14.2 Å². The standard InChI is InChI=1S/C54H98O6/c1-4-7-10-13-16-19-22-25-27-30-32-35-38-41-44-47-53(56)59-50-51(49-58-52(55)46-43-40-37-34-31-28-24-21-18-15-12-9-6-3)60-54(57)48-45-42-39-36-33-29-26-23-20-17-14-11-8-5-2/h16,19,21,24-25,27,51H,4-15,17-18,20,22-23,26,28-50H2,1-3H3/b19-16+,24-21+,27-25+/t51-/m1/s1. The molecule has 0 saturated carbocycles. The van der Waals surface area contributed by atoms with Gasteiger partial charge in [-0.1, -0.05) is 211 Å². The van der Waals surface area contributed by atoms with Gasteiger partial charge in [0.15, 0.2) is 6.10 Å². The Labute approximate surface area is 372 Å². The highest BCUT2D eigenvalue weighted by Gasteiger charge is 2.19. The molecule has 0 heterocycles. The van der Waals surface area contributed by atoms with E-state index in [4.69, 9.17) is 14.2 Å². The number of carbonyl (C=O) groups excluding carboxylic acids is 3. The first kappa shape index (κ1) is 57.6. The summed E-state index contributed by atoms with van der Waals surface area (Å²) in [5.74, 6) is -0.890. The van der Waals surface area contributed by atoms with Crippen LogP contribution in [0.15, 0.2) is 36.5 Å². The monoisotopic (exact) mass is 843 g/mol. The molecule has 60 heavy (non-hydrogen) atoms. The number of carbonyl (C=O) groups is 3. The number of rotatable bonds is 47. The first-order chi connectivity index (χ1) is 29.5. The molecule has 0 bridgehead atoms. The Kier molecular flexibility index (Phi) is 47.3. The van der Waals surface area contributed by atoms with Gasteiger partial charge in [0, 0.05) is 19.3 Å². The number of unbranched alkanes of at least 4 members (excludes halogenated alkanes) is 30. The highest BCUT2D eigenvalue weighted by atomic mass is 16.6. The molecule has 0 N–H and O–H groups in total. The lowest BCUT2D eigenvalue weighted by molar-refractivity contribution is -0.167. The molecular formula is C54H98O6. The van der Waals surface area contributed by atoms with Gasteiger partial charge in [-0.2, -0.15) is 0 Å². The van der Waals surface area contributed by atoms with Gasteiger partial charge in [-0.3, -0.25) is 14.4 Å². The first-order valence-electron chi connectivity index (χ1n) is 26.0. The van der Waals surface area contributed by atoms with E-state index < -0.39 is 6.10 Å². The summed E-state index contributed by atoms with van der Waals surface area (Å²) < 4.78 is 16.8. The summed E-state index contributed by atoms with van der Waals surface area (Å²) in [4.78, 5) is 37.9. The highest BCUT2D eigenvalue weighted by Crippen LogP contribution is 2.15. The first-order valence-corrected chi connectivity index (χ1v) is 26.0. The average molecular weight is 843 g/mol. The lowest BCUT2D eigenvalue weighted by Gasteiger charge is -2.18. The molecule has 0 aliphatic carbocycles. The SMILES string of the molecule is CCCCC/C=C/C/C=C/CCCCCCCC(=O)OC[C@@H](COC(=O)CCCCCCC/C=C/CCCCCC)OC(=O)CCCCCCCCCCCCCCCC. The van der Waals surface area contributed by atoms with Gasteiger partial charge in [0.2, 0.25) is 0 Å². The molecule has 1 atom stereocenters. The van der Waals surface area contributed by atoms with E-state index in [1.54, 1.807) is 0 Å². The highest BCUT2D eigenvalue weighted by molar-refractivity contribution is 5.71. The molecule has 0 aromatic rings. The minimum Gasteiger partial charge on any atom is -0.462 e. The van der Waals surface area contributed by atoms with Gasteiger partial charge in [-0.15, -0.1) is 0 Å². The summed E-state index contributed by atoms with van der Waals surface area (Å²) in [6.45, 7) is 6.60. The minimum absolute atomic E-state index is 0.0783. The fourth-order valence-electron chi connectivity index (χ4n) is 7.41. The summed E-state index contributed by atoms with van der Waals surface area (Å²) >= 11 is 0. The molecule has 0 aliphatic rings. The molecule has 350 valence electrons. The number of allylic oxidation sites excluding steroid dienone is 6. The predicted octanol–water partition coefficient (Wildman–Crippen LogP) is 16.9. The molecule has 6 heteroatoms. The fraction of sp³-hybridized carbons (Fsp3) is 0.833. The number of hydrogen-bond donors (Lipinski definition) is 0. The van der Waals surface area contributed by atoms with E-state index in [1.807, 2.05) is 0 Å². The van der Waals surface area contributed by atoms with Gasteiger partial charge in [0.05, 0.1) is 0 Å². The Morgan fingerprint density at radius 3 is 0.983 bits per heavy atom. The van der Waals surface area contributed by atoms with Crippen molar-refractivity contribution in [1.82, 2.24) is 0 Å². The van der Waals surface area contributed by atoms with Crippen LogP contribution in [0.3, 0.4) is 0 Å². The Morgan fingerprint density at radius 1 is 0.333 bits per heavy atom. The van der Waals surface area contributed by atoms with E-state index in [-0.39, 0.29) is 31.1 Å². The molecule has 0 fully saturated rings. The summed E-state index contributed by atoms with van der Waals surface area (Å²) in [6, 6.07) is 0. The van der Waals surface area contributed by atoms with Crippen molar-refractivity contribution in [2.45, 2.75) is 277 Å². The third-order valence-electron chi connectivity index (χ3n) is 11.4. The molecule has 0 saturated heterocycles. The number of hydrogen-bond acceptors (Lipinski definition) is 6. The third-order valence-corrected chi connectivity index (χ3v) is 11.4. The maximum absolute atomic E-state index is 12.8. The maximum atomic E-state index is 12.8. The predicted molar refractivity (Wildman–Crippen MR) is 256 cm³/mol. The number of ether oxygens (including phenoxy) is 3. The van der Waals surface area contributed by atoms with Crippen molar-refractivity contribution < 1.29 is 28.6 Å². The molecule has 0 radical (unpaired) electrons. The number of esters is 3. The van der Waals surface area contributed by atoms with Crippen LogP contribution < -0.4 is 0 Å². The van der Waals surface area contributed by atoms with Crippen molar-refractivity contribution in [2.24, 2.45) is 0 Å². The summed E-state index contributed by atoms with van der Waals surface area (Å²) in [5.41, 5.74) is 0. The molecular weight excluding hydrogens is 745 g/mol. The Morgan fingerprint density at radius 2 is 0.600 bits per heavy atom. The van der Waals surface area contributed by atoms with Crippen molar-refractivity contribution in [3.05, 3.63) is 36.5 Å². The second-order valence-corrected chi connectivity index (χ2v) is 17.4.